The van der Waals surface area contributed by atoms with Crippen molar-refractivity contribution in [3.05, 3.63) is 33.8 Å². The first-order valence-electron chi connectivity index (χ1n) is 6.89. The van der Waals surface area contributed by atoms with Crippen molar-refractivity contribution in [2.45, 2.75) is 49.9 Å². The molecule has 0 radical (unpaired) electrons. The zero-order valence-corrected chi connectivity index (χ0v) is 13.3. The summed E-state index contributed by atoms with van der Waals surface area (Å²) in [6.07, 6.45) is 6.89. The highest BCUT2D eigenvalue weighted by molar-refractivity contribution is 7.99. The van der Waals surface area contributed by atoms with Crippen LogP contribution in [0.3, 0.4) is 0 Å². The zero-order valence-electron chi connectivity index (χ0n) is 10.9. The summed E-state index contributed by atoms with van der Waals surface area (Å²) >= 11 is 14.0. The van der Waals surface area contributed by atoms with Gasteiger partial charge >= 0.3 is 0 Å². The molecule has 4 heteroatoms. The van der Waals surface area contributed by atoms with Crippen LogP contribution in [-0.4, -0.2) is 22.2 Å². The summed E-state index contributed by atoms with van der Waals surface area (Å²) in [5.41, 5.74) is 0.936. The van der Waals surface area contributed by atoms with Gasteiger partial charge in [-0.05, 0) is 36.6 Å². The summed E-state index contributed by atoms with van der Waals surface area (Å²) < 4.78 is 0. The lowest BCUT2D eigenvalue weighted by Gasteiger charge is -2.22. The molecule has 1 fully saturated rings. The number of rotatable bonds is 5. The monoisotopic (exact) mass is 318 g/mol. The van der Waals surface area contributed by atoms with Crippen LogP contribution in [0.2, 0.25) is 10.0 Å². The fourth-order valence-electron chi connectivity index (χ4n) is 2.49. The fraction of sp³-hybridized carbons (Fsp3) is 0.600. The van der Waals surface area contributed by atoms with E-state index in [2.05, 4.69) is 0 Å². The van der Waals surface area contributed by atoms with E-state index in [9.17, 15) is 5.11 Å². The Labute approximate surface area is 129 Å². The van der Waals surface area contributed by atoms with E-state index in [0.717, 1.165) is 16.6 Å². The molecule has 1 nitrogen and oxygen atoms in total. The number of thioether (sulfide) groups is 1. The molecule has 0 amide bonds. The highest BCUT2D eigenvalue weighted by Crippen LogP contribution is 2.29. The Kier molecular flexibility index (Phi) is 6.34. The first kappa shape index (κ1) is 15.5. The molecule has 19 heavy (non-hydrogen) atoms. The SMILES string of the molecule is OC(CSC1CCCCC1)Cc1cc(Cl)ccc1Cl. The van der Waals surface area contributed by atoms with Crippen LogP contribution in [0.25, 0.3) is 0 Å². The lowest BCUT2D eigenvalue weighted by Crippen LogP contribution is -2.18. The molecule has 0 spiro atoms. The first-order valence-corrected chi connectivity index (χ1v) is 8.69. The summed E-state index contributed by atoms with van der Waals surface area (Å²) in [6, 6.07) is 5.41. The van der Waals surface area contributed by atoms with E-state index in [4.69, 9.17) is 23.2 Å². The number of hydrogen-bond donors (Lipinski definition) is 1. The average Bonchev–Trinajstić information content (AvgIpc) is 2.42. The summed E-state index contributed by atoms with van der Waals surface area (Å²) in [5.74, 6) is 0.785. The Morgan fingerprint density at radius 3 is 2.68 bits per heavy atom. The lowest BCUT2D eigenvalue weighted by molar-refractivity contribution is 0.200. The maximum atomic E-state index is 10.1. The molecule has 1 N–H and O–H groups in total. The van der Waals surface area contributed by atoms with Crippen LogP contribution in [0.15, 0.2) is 18.2 Å². The predicted molar refractivity (Wildman–Crippen MR) is 85.5 cm³/mol. The molecule has 0 heterocycles. The van der Waals surface area contributed by atoms with Gasteiger partial charge in [-0.3, -0.25) is 0 Å². The van der Waals surface area contributed by atoms with E-state index in [1.54, 1.807) is 12.1 Å². The van der Waals surface area contributed by atoms with Crippen molar-refractivity contribution in [1.82, 2.24) is 0 Å². The van der Waals surface area contributed by atoms with E-state index < -0.39 is 0 Å². The first-order chi connectivity index (χ1) is 9.15. The van der Waals surface area contributed by atoms with Crippen molar-refractivity contribution >= 4 is 35.0 Å². The molecular weight excluding hydrogens is 299 g/mol. The van der Waals surface area contributed by atoms with Crippen molar-refractivity contribution < 1.29 is 5.11 Å². The molecule has 1 aliphatic carbocycles. The molecule has 0 aliphatic heterocycles. The molecule has 0 bridgehead atoms. The molecule has 106 valence electrons. The van der Waals surface area contributed by atoms with Gasteiger partial charge in [0.1, 0.15) is 0 Å². The Balaban J connectivity index is 1.80. The van der Waals surface area contributed by atoms with E-state index in [1.165, 1.54) is 32.1 Å². The van der Waals surface area contributed by atoms with Crippen LogP contribution in [0.1, 0.15) is 37.7 Å². The molecule has 1 aromatic carbocycles. The van der Waals surface area contributed by atoms with Crippen molar-refractivity contribution in [2.75, 3.05) is 5.75 Å². The molecule has 1 aromatic rings. The molecule has 1 atom stereocenters. The highest BCUT2D eigenvalue weighted by atomic mass is 35.5. The highest BCUT2D eigenvalue weighted by Gasteiger charge is 2.16. The third-order valence-electron chi connectivity index (χ3n) is 3.54. The minimum Gasteiger partial charge on any atom is -0.392 e. The van der Waals surface area contributed by atoms with Crippen molar-refractivity contribution in [3.8, 4) is 0 Å². The normalized spacial score (nSPS) is 18.5. The van der Waals surface area contributed by atoms with Crippen LogP contribution in [0.5, 0.6) is 0 Å². The van der Waals surface area contributed by atoms with Crippen LogP contribution in [0, 0.1) is 0 Å². The summed E-state index contributed by atoms with van der Waals surface area (Å²) in [4.78, 5) is 0. The molecule has 1 unspecified atom stereocenters. The van der Waals surface area contributed by atoms with Crippen molar-refractivity contribution in [2.24, 2.45) is 0 Å². The number of aliphatic hydroxyl groups is 1. The second kappa shape index (κ2) is 7.78. The van der Waals surface area contributed by atoms with Crippen LogP contribution in [-0.2, 0) is 6.42 Å². The number of benzene rings is 1. The molecule has 0 saturated heterocycles. The van der Waals surface area contributed by atoms with Crippen molar-refractivity contribution in [3.63, 3.8) is 0 Å². The molecule has 0 aromatic heterocycles. The summed E-state index contributed by atoms with van der Waals surface area (Å²) in [6.45, 7) is 0. The van der Waals surface area contributed by atoms with Gasteiger partial charge in [-0.25, -0.2) is 0 Å². The van der Waals surface area contributed by atoms with Crippen LogP contribution in [0.4, 0.5) is 0 Å². The minimum absolute atomic E-state index is 0.345. The van der Waals surface area contributed by atoms with Gasteiger partial charge < -0.3 is 5.11 Å². The standard InChI is InChI=1S/C15H20Cl2OS/c16-12-6-7-15(17)11(8-12)9-13(18)10-19-14-4-2-1-3-5-14/h6-8,13-14,18H,1-5,9-10H2. The van der Waals surface area contributed by atoms with E-state index >= 15 is 0 Å². The molecule has 2 rings (SSSR count). The van der Waals surface area contributed by atoms with Crippen LogP contribution < -0.4 is 0 Å². The zero-order chi connectivity index (χ0) is 13.7. The predicted octanol–water partition coefficient (Wildman–Crippen LogP) is 4.96. The average molecular weight is 319 g/mol. The smallest absolute Gasteiger partial charge is 0.0671 e. The largest absolute Gasteiger partial charge is 0.392 e. The third-order valence-corrected chi connectivity index (χ3v) is 5.66. The van der Waals surface area contributed by atoms with Gasteiger partial charge in [-0.15, -0.1) is 0 Å². The fourth-order valence-corrected chi connectivity index (χ4v) is 4.16. The lowest BCUT2D eigenvalue weighted by atomic mass is 10.0. The van der Waals surface area contributed by atoms with E-state index in [-0.39, 0.29) is 6.10 Å². The second-order valence-electron chi connectivity index (χ2n) is 5.19. The van der Waals surface area contributed by atoms with Crippen molar-refractivity contribution in [1.29, 1.82) is 0 Å². The summed E-state index contributed by atoms with van der Waals surface area (Å²) in [7, 11) is 0. The third kappa shape index (κ3) is 5.18. The molecule has 1 aliphatic rings. The topological polar surface area (TPSA) is 20.2 Å². The Bertz CT molecular complexity index is 405. The van der Waals surface area contributed by atoms with Gasteiger partial charge in [-0.1, -0.05) is 42.5 Å². The van der Waals surface area contributed by atoms with Gasteiger partial charge in [0.15, 0.2) is 0 Å². The van der Waals surface area contributed by atoms with Gasteiger partial charge in [0, 0.05) is 27.5 Å². The van der Waals surface area contributed by atoms with Gasteiger partial charge in [0.2, 0.25) is 0 Å². The Morgan fingerprint density at radius 1 is 1.21 bits per heavy atom. The van der Waals surface area contributed by atoms with E-state index in [0.29, 0.717) is 16.5 Å². The summed E-state index contributed by atoms with van der Waals surface area (Å²) in [5, 5.41) is 12.2. The van der Waals surface area contributed by atoms with Crippen LogP contribution >= 0.6 is 35.0 Å². The van der Waals surface area contributed by atoms with Gasteiger partial charge in [0.05, 0.1) is 6.10 Å². The molecule has 1 saturated carbocycles. The second-order valence-corrected chi connectivity index (χ2v) is 7.36. The van der Waals surface area contributed by atoms with Gasteiger partial charge in [0.25, 0.3) is 0 Å². The number of aliphatic hydroxyl groups excluding tert-OH is 1. The maximum absolute atomic E-state index is 10.1. The number of halogens is 2. The minimum atomic E-state index is -0.345. The van der Waals surface area contributed by atoms with Gasteiger partial charge in [-0.2, -0.15) is 11.8 Å². The number of hydrogen-bond acceptors (Lipinski definition) is 2. The van der Waals surface area contributed by atoms with E-state index in [1.807, 2.05) is 17.8 Å². The Morgan fingerprint density at radius 2 is 1.95 bits per heavy atom. The Hall–Kier alpha value is 0.110. The quantitative estimate of drug-likeness (QED) is 0.827. The molecular formula is C15H20Cl2OS. The maximum Gasteiger partial charge on any atom is 0.0671 e.